The predicted molar refractivity (Wildman–Crippen MR) is 90.2 cm³/mol. The van der Waals surface area contributed by atoms with Crippen molar-refractivity contribution in [3.63, 3.8) is 0 Å². The average molecular weight is 375 g/mol. The quantitative estimate of drug-likeness (QED) is 0.581. The summed E-state index contributed by atoms with van der Waals surface area (Å²) in [5.41, 5.74) is -1.22. The fourth-order valence-corrected chi connectivity index (χ4v) is 3.59. The number of rotatable bonds is 2. The monoisotopic (exact) mass is 375 g/mol. The van der Waals surface area contributed by atoms with Gasteiger partial charge < -0.3 is 0 Å². The van der Waals surface area contributed by atoms with E-state index in [0.29, 0.717) is 6.07 Å². The number of nitriles is 1. The van der Waals surface area contributed by atoms with E-state index >= 15 is 0 Å². The number of benzene rings is 1. The Balaban J connectivity index is 2.13. The molecule has 3 rings (SSSR count). The van der Waals surface area contributed by atoms with Crippen LogP contribution in [0.3, 0.4) is 0 Å². The van der Waals surface area contributed by atoms with Crippen molar-refractivity contribution < 1.29 is 27.8 Å². The van der Waals surface area contributed by atoms with E-state index in [2.05, 4.69) is 10.1 Å². The fourth-order valence-electron chi connectivity index (χ4n) is 3.59. The first-order valence-corrected chi connectivity index (χ1v) is 8.14. The summed E-state index contributed by atoms with van der Waals surface area (Å²) in [6.45, 7) is 0.867. The summed E-state index contributed by atoms with van der Waals surface area (Å²) in [7, 11) is 2.67. The van der Waals surface area contributed by atoms with E-state index in [1.807, 2.05) is 5.97 Å². The van der Waals surface area contributed by atoms with E-state index in [1.165, 1.54) is 25.1 Å². The van der Waals surface area contributed by atoms with Gasteiger partial charge in [0.2, 0.25) is 0 Å². The molecule has 3 unspecified atom stereocenters. The molecule has 2 aliphatic heterocycles. The van der Waals surface area contributed by atoms with Crippen molar-refractivity contribution in [3.8, 4) is 5.97 Å². The number of carbonyl (C=O) groups excluding carboxylic acids is 2. The number of carbonyl (C=O) groups is 2. The van der Waals surface area contributed by atoms with Crippen LogP contribution in [0.2, 0.25) is 0 Å². The van der Waals surface area contributed by atoms with Gasteiger partial charge in [-0.2, -0.15) is 0 Å². The maximum absolute atomic E-state index is 14.6. The van der Waals surface area contributed by atoms with Crippen molar-refractivity contribution in [1.82, 2.24) is 10.2 Å². The molecule has 7 nitrogen and oxygen atoms in total. The summed E-state index contributed by atoms with van der Waals surface area (Å²) >= 11 is 0. The molecule has 3 atom stereocenters. The molecule has 2 saturated heterocycles. The summed E-state index contributed by atoms with van der Waals surface area (Å²) in [5.74, 6) is -1.75. The van der Waals surface area contributed by atoms with Gasteiger partial charge in [0, 0.05) is 0 Å². The number of methoxy groups -OCH3 is 1. The van der Waals surface area contributed by atoms with Gasteiger partial charge in [-0.25, -0.2) is 0 Å². The second kappa shape index (κ2) is 7.08. The number of amides is 1. The normalized spacial score (nSPS) is 28.6. The number of hydrogen-bond donors (Lipinski definition) is 1. The number of esters is 1. The number of ether oxygens (including phenoxy) is 2. The summed E-state index contributed by atoms with van der Waals surface area (Å²) in [5, 5.41) is 12.0. The van der Waals surface area contributed by atoms with Crippen LogP contribution in [0.1, 0.15) is 12.0 Å². The Hall–Kier alpha value is -2.80. The topological polar surface area (TPSA) is 91.7 Å². The Morgan fingerprint density at radius 1 is 1.52 bits per heavy atom. The first-order valence-electron chi connectivity index (χ1n) is 8.14. The second-order valence-electron chi connectivity index (χ2n) is 6.39. The molecule has 0 radical (unpaired) electrons. The van der Waals surface area contributed by atoms with Crippen molar-refractivity contribution in [1.29, 1.82) is 5.26 Å². The van der Waals surface area contributed by atoms with Crippen LogP contribution in [0.5, 0.6) is 0 Å². The van der Waals surface area contributed by atoms with Crippen molar-refractivity contribution in [2.24, 2.45) is 5.92 Å². The first kappa shape index (κ1) is 19.0. The van der Waals surface area contributed by atoms with Gasteiger partial charge in [0.05, 0.1) is 0 Å². The Morgan fingerprint density at radius 3 is 2.89 bits per heavy atom. The molecule has 0 aliphatic carbocycles. The standard InChI is InChI=1S/C17H16BF2N3O4/c1-23-14(24)11-6-13(15(25)26-2)27-7-17(11,22-16(23)18-8-21)10-4-3-9(19)5-12(10)20/h3-5,11,13,22H,6-7H2,1-2H3. The molecule has 0 saturated carbocycles. The van der Waals surface area contributed by atoms with Gasteiger partial charge in [0.15, 0.2) is 0 Å². The molecule has 0 aromatic heterocycles. The number of halogens is 2. The minimum atomic E-state index is -1.39. The second-order valence-corrected chi connectivity index (χ2v) is 6.39. The molecule has 0 bridgehead atoms. The zero-order valence-corrected chi connectivity index (χ0v) is 14.7. The van der Waals surface area contributed by atoms with Gasteiger partial charge in [0.25, 0.3) is 0 Å². The molecule has 1 N–H and O–H groups in total. The number of nitrogens with zero attached hydrogens (tertiary/aromatic N) is 2. The van der Waals surface area contributed by atoms with E-state index < -0.39 is 41.1 Å². The van der Waals surface area contributed by atoms with E-state index in [1.54, 1.807) is 0 Å². The van der Waals surface area contributed by atoms with Crippen molar-refractivity contribution in [3.05, 3.63) is 35.4 Å². The zero-order valence-electron chi connectivity index (χ0n) is 14.7. The van der Waals surface area contributed by atoms with Crippen LogP contribution < -0.4 is 5.32 Å². The van der Waals surface area contributed by atoms with Crippen LogP contribution in [0.15, 0.2) is 18.2 Å². The van der Waals surface area contributed by atoms with Gasteiger partial charge in [-0.1, -0.05) is 0 Å². The fraction of sp³-hybridized carbons (Fsp3) is 0.412. The Bertz CT molecular complexity index is 872. The van der Waals surface area contributed by atoms with E-state index in [9.17, 15) is 18.4 Å². The van der Waals surface area contributed by atoms with Gasteiger partial charge in [-0.3, -0.25) is 0 Å². The number of hydrogen-bond acceptors (Lipinski definition) is 6. The summed E-state index contributed by atoms with van der Waals surface area (Å²) < 4.78 is 38.3. The third kappa shape index (κ3) is 3.08. The molecule has 1 amide bonds. The van der Waals surface area contributed by atoms with Gasteiger partial charge in [-0.15, -0.1) is 0 Å². The molecule has 1 aromatic carbocycles. The summed E-state index contributed by atoms with van der Waals surface area (Å²) in [6, 6.07) is 3.02. The van der Waals surface area contributed by atoms with Crippen molar-refractivity contribution in [2.45, 2.75) is 18.1 Å². The van der Waals surface area contributed by atoms with Crippen molar-refractivity contribution in [2.75, 3.05) is 20.8 Å². The first-order chi connectivity index (χ1) is 12.8. The van der Waals surface area contributed by atoms with Gasteiger partial charge >= 0.3 is 154 Å². The van der Waals surface area contributed by atoms with Crippen LogP contribution in [0.25, 0.3) is 0 Å². The predicted octanol–water partition coefficient (Wildman–Crippen LogP) is 0.0725. The Morgan fingerprint density at radius 2 is 2.26 bits per heavy atom. The molecule has 2 fully saturated rings. The third-order valence-electron chi connectivity index (χ3n) is 4.98. The van der Waals surface area contributed by atoms with Crippen LogP contribution in [0, 0.1) is 28.8 Å². The molecule has 0 spiro atoms. The van der Waals surface area contributed by atoms with E-state index in [4.69, 9.17) is 10.00 Å². The third-order valence-corrected chi connectivity index (χ3v) is 4.98. The van der Waals surface area contributed by atoms with Crippen LogP contribution >= 0.6 is 0 Å². The molecule has 140 valence electrons. The zero-order chi connectivity index (χ0) is 19.8. The molecular weight excluding hydrogens is 359 g/mol. The maximum atomic E-state index is 14.6. The Labute approximate surface area is 154 Å². The van der Waals surface area contributed by atoms with Gasteiger partial charge in [-0.05, 0) is 0 Å². The molecule has 2 heterocycles. The molecule has 1 aromatic rings. The van der Waals surface area contributed by atoms with Crippen LogP contribution in [-0.4, -0.2) is 56.3 Å². The number of nitrogens with one attached hydrogen (secondary N) is 1. The van der Waals surface area contributed by atoms with Crippen LogP contribution in [-0.2, 0) is 24.6 Å². The molecule has 10 heteroatoms. The van der Waals surface area contributed by atoms with Crippen LogP contribution in [0.4, 0.5) is 8.78 Å². The number of fused-ring (bicyclic) bond motifs is 1. The van der Waals surface area contributed by atoms with E-state index in [0.717, 1.165) is 13.0 Å². The summed E-state index contributed by atoms with van der Waals surface area (Å²) in [4.78, 5) is 26.1. The Kier molecular flexibility index (Phi) is 4.98. The summed E-state index contributed by atoms with van der Waals surface area (Å²) in [6.07, 6.45) is -1.04. The van der Waals surface area contributed by atoms with Crippen molar-refractivity contribution >= 4 is 24.5 Å². The van der Waals surface area contributed by atoms with E-state index in [-0.39, 0.29) is 24.3 Å². The molecule has 2 aliphatic rings. The minimum absolute atomic E-state index is 0.0162. The molecule has 27 heavy (non-hydrogen) atoms. The molecular formula is C17H16BF2N3O4. The average Bonchev–Trinajstić information content (AvgIpc) is 2.65. The van der Waals surface area contributed by atoms with Gasteiger partial charge in [0.1, 0.15) is 0 Å². The SMILES string of the molecule is COC(=O)C1CC2C(=O)N(C)C(=BC#N)NC2(c2ccc(F)cc2F)CO1.